The van der Waals surface area contributed by atoms with Crippen LogP contribution in [-0.4, -0.2) is 51.3 Å². The number of hydrazone groups is 1. The first-order valence-corrected chi connectivity index (χ1v) is 9.70. The molecule has 2 aromatic rings. The minimum Gasteiger partial charge on any atom is -0.722 e. The van der Waals surface area contributed by atoms with Crippen LogP contribution in [0, 0.1) is 12.1 Å². The van der Waals surface area contributed by atoms with Gasteiger partial charge in [0.15, 0.2) is 11.5 Å². The molecule has 0 spiro atoms. The predicted molar refractivity (Wildman–Crippen MR) is 112 cm³/mol. The molecule has 0 bridgehead atoms. The highest BCUT2D eigenvalue weighted by Crippen LogP contribution is 2.37. The van der Waals surface area contributed by atoms with Gasteiger partial charge in [0.2, 0.25) is 5.75 Å². The molecule has 0 atom stereocenters. The number of hydrogen-bond acceptors (Lipinski definition) is 7. The maximum atomic E-state index is 11.1. The molecule has 0 aliphatic rings. The highest BCUT2D eigenvalue weighted by atomic mass is 32.2. The van der Waals surface area contributed by atoms with Gasteiger partial charge in [0, 0.05) is 5.56 Å². The van der Waals surface area contributed by atoms with Crippen LogP contribution in [0.25, 0.3) is 0 Å². The standard InChI is InChI=1S/C11H16N4O4.C7H8O3S/c1-17-8-4-7(6-14-15(16)11(12)13)5-9(18-2)10(8)19-3;1-6-2-4-7(5-3-6)11(8,9)10/h4-6H,12-13H2,1-3H3;2-5H,1H3,(H,8,9,10)/b14-6+;. The number of guanidine groups is 1. The molecule has 2 aromatic carbocycles. The minimum absolute atomic E-state index is 0.0666. The topological polar surface area (TPSA) is 173 Å². The average Bonchev–Trinajstić information content (AvgIpc) is 2.70. The molecule has 0 heterocycles. The molecule has 0 amide bonds. The molecule has 0 radical (unpaired) electrons. The van der Waals surface area contributed by atoms with Gasteiger partial charge in [-0.05, 0) is 31.2 Å². The third kappa shape index (κ3) is 7.14. The second kappa shape index (κ2) is 10.9. The number of nitrogens with two attached hydrogens (primary N) is 2. The van der Waals surface area contributed by atoms with Gasteiger partial charge in [0.1, 0.15) is 0 Å². The van der Waals surface area contributed by atoms with Gasteiger partial charge in [-0.15, -0.1) is 9.95 Å². The maximum Gasteiger partial charge on any atom is 0.366 e. The fraction of sp³-hybridized carbons (Fsp3) is 0.222. The van der Waals surface area contributed by atoms with Crippen molar-refractivity contribution in [3.8, 4) is 17.2 Å². The first kappa shape index (κ1) is 24.5. The Morgan fingerprint density at radius 3 is 1.93 bits per heavy atom. The van der Waals surface area contributed by atoms with Crippen molar-refractivity contribution in [2.24, 2.45) is 16.6 Å². The number of benzene rings is 2. The van der Waals surface area contributed by atoms with Gasteiger partial charge < -0.3 is 19.4 Å². The first-order valence-electron chi connectivity index (χ1n) is 8.26. The van der Waals surface area contributed by atoms with Crippen molar-refractivity contribution in [1.82, 2.24) is 0 Å². The van der Waals surface area contributed by atoms with E-state index in [1.807, 2.05) is 6.92 Å². The molecule has 12 heteroatoms. The SMILES string of the molecule is COc1cc(/C=N/[N+]([O-])=C(N)N)cc(OC)c1OC.Cc1ccc(S(=O)(=O)O)cc1. The van der Waals surface area contributed by atoms with Crippen molar-refractivity contribution in [3.05, 3.63) is 52.7 Å². The van der Waals surface area contributed by atoms with Gasteiger partial charge >= 0.3 is 5.96 Å². The highest BCUT2D eigenvalue weighted by molar-refractivity contribution is 7.85. The van der Waals surface area contributed by atoms with E-state index in [1.165, 1.54) is 39.7 Å². The zero-order valence-electron chi connectivity index (χ0n) is 16.9. The third-order valence-electron chi connectivity index (χ3n) is 3.54. The molecule has 30 heavy (non-hydrogen) atoms. The van der Waals surface area contributed by atoms with Crippen LogP contribution in [0.4, 0.5) is 0 Å². The second-order valence-corrected chi connectivity index (χ2v) is 7.11. The molecule has 0 aromatic heterocycles. The zero-order chi connectivity index (χ0) is 22.9. The van der Waals surface area contributed by atoms with Crippen LogP contribution in [-0.2, 0) is 10.1 Å². The van der Waals surface area contributed by atoms with E-state index >= 15 is 0 Å². The number of methoxy groups -OCH3 is 3. The van der Waals surface area contributed by atoms with Crippen LogP contribution in [0.1, 0.15) is 11.1 Å². The van der Waals surface area contributed by atoms with Crippen molar-refractivity contribution < 1.29 is 32.0 Å². The van der Waals surface area contributed by atoms with E-state index in [4.69, 9.17) is 30.2 Å². The quantitative estimate of drug-likeness (QED) is 0.148. The Balaban J connectivity index is 0.000000346. The first-order chi connectivity index (χ1) is 14.0. The summed E-state index contributed by atoms with van der Waals surface area (Å²) in [7, 11) is 0.458. The van der Waals surface area contributed by atoms with Gasteiger partial charge in [0.05, 0.1) is 32.4 Å². The molecule has 0 saturated heterocycles. The Bertz CT molecular complexity index is 990. The lowest BCUT2D eigenvalue weighted by Gasteiger charge is -2.12. The smallest absolute Gasteiger partial charge is 0.366 e. The van der Waals surface area contributed by atoms with E-state index in [0.717, 1.165) is 5.56 Å². The van der Waals surface area contributed by atoms with Crippen LogP contribution in [0.15, 0.2) is 46.4 Å². The van der Waals surface area contributed by atoms with Crippen LogP contribution >= 0.6 is 0 Å². The number of nitrogens with zero attached hydrogens (tertiary/aromatic N) is 2. The molecule has 0 aliphatic carbocycles. The fourth-order valence-electron chi connectivity index (χ4n) is 2.07. The number of rotatable bonds is 6. The summed E-state index contributed by atoms with van der Waals surface area (Å²) < 4.78 is 45.0. The molecular formula is C18H24N4O7S. The lowest BCUT2D eigenvalue weighted by Crippen LogP contribution is -2.30. The summed E-state index contributed by atoms with van der Waals surface area (Å²) in [6, 6.07) is 9.25. The molecule has 0 fully saturated rings. The molecule has 11 nitrogen and oxygen atoms in total. The highest BCUT2D eigenvalue weighted by Gasteiger charge is 2.12. The van der Waals surface area contributed by atoms with Crippen LogP contribution in [0.2, 0.25) is 0 Å². The third-order valence-corrected chi connectivity index (χ3v) is 4.41. The fourth-order valence-corrected chi connectivity index (χ4v) is 2.55. The summed E-state index contributed by atoms with van der Waals surface area (Å²) in [5, 5.41) is 14.6. The van der Waals surface area contributed by atoms with E-state index < -0.39 is 16.1 Å². The van der Waals surface area contributed by atoms with Crippen molar-refractivity contribution in [3.63, 3.8) is 0 Å². The Labute approximate surface area is 174 Å². The molecule has 5 N–H and O–H groups in total. The lowest BCUT2D eigenvalue weighted by atomic mass is 10.2. The molecule has 164 valence electrons. The van der Waals surface area contributed by atoms with Crippen molar-refractivity contribution in [2.75, 3.05) is 21.3 Å². The average molecular weight is 440 g/mol. The largest absolute Gasteiger partial charge is 0.722 e. The number of aryl methyl sites for hydroxylation is 1. The summed E-state index contributed by atoms with van der Waals surface area (Å²) in [6.07, 6.45) is 1.28. The minimum atomic E-state index is -4.02. The molecule has 2 rings (SSSR count). The Hall–Kier alpha value is -3.51. The van der Waals surface area contributed by atoms with Crippen LogP contribution in [0.3, 0.4) is 0 Å². The van der Waals surface area contributed by atoms with Crippen molar-refractivity contribution in [1.29, 1.82) is 0 Å². The Morgan fingerprint density at radius 1 is 1.07 bits per heavy atom. The summed E-state index contributed by atoms with van der Waals surface area (Å²) >= 11 is 0. The molecule has 0 saturated carbocycles. The van der Waals surface area contributed by atoms with Crippen LogP contribution in [0.5, 0.6) is 17.2 Å². The van der Waals surface area contributed by atoms with E-state index in [0.29, 0.717) is 22.8 Å². The summed E-state index contributed by atoms with van der Waals surface area (Å²) in [5.74, 6) is 0.894. The summed E-state index contributed by atoms with van der Waals surface area (Å²) in [6.45, 7) is 1.84. The summed E-state index contributed by atoms with van der Waals surface area (Å²) in [4.78, 5) is 0.0338. The van der Waals surface area contributed by atoms with Gasteiger partial charge in [-0.25, -0.2) is 0 Å². The number of ether oxygens (including phenoxy) is 3. The van der Waals surface area contributed by atoms with Gasteiger partial charge in [-0.3, -0.25) is 16.0 Å². The van der Waals surface area contributed by atoms with Crippen LogP contribution < -0.4 is 25.7 Å². The Morgan fingerprint density at radius 2 is 1.57 bits per heavy atom. The monoisotopic (exact) mass is 440 g/mol. The van der Waals surface area contributed by atoms with E-state index in [9.17, 15) is 13.6 Å². The predicted octanol–water partition coefficient (Wildman–Crippen LogP) is 1.07. The lowest BCUT2D eigenvalue weighted by molar-refractivity contribution is -0.463. The van der Waals surface area contributed by atoms with E-state index in [-0.39, 0.29) is 9.74 Å². The molecule has 0 unspecified atom stereocenters. The second-order valence-electron chi connectivity index (χ2n) is 5.69. The van der Waals surface area contributed by atoms with E-state index in [1.54, 1.807) is 24.3 Å². The molecular weight excluding hydrogens is 416 g/mol. The van der Waals surface area contributed by atoms with Gasteiger partial charge in [0.25, 0.3) is 10.1 Å². The maximum absolute atomic E-state index is 11.1. The zero-order valence-corrected chi connectivity index (χ0v) is 17.7. The number of hydrogen-bond donors (Lipinski definition) is 3. The van der Waals surface area contributed by atoms with Gasteiger partial charge in [-0.2, -0.15) is 8.42 Å². The molecule has 0 aliphatic heterocycles. The van der Waals surface area contributed by atoms with Crippen molar-refractivity contribution in [2.45, 2.75) is 11.8 Å². The van der Waals surface area contributed by atoms with Gasteiger partial charge in [-0.1, -0.05) is 17.7 Å². The van der Waals surface area contributed by atoms with Crippen molar-refractivity contribution >= 4 is 22.3 Å². The Kier molecular flexibility index (Phi) is 8.89. The summed E-state index contributed by atoms with van der Waals surface area (Å²) in [5.41, 5.74) is 11.7. The van der Waals surface area contributed by atoms with E-state index in [2.05, 4.69) is 5.10 Å². The normalized spacial score (nSPS) is 10.7.